The summed E-state index contributed by atoms with van der Waals surface area (Å²) in [6.07, 6.45) is 0. The molecule has 1 aromatic carbocycles. The summed E-state index contributed by atoms with van der Waals surface area (Å²) in [4.78, 5) is 0. The summed E-state index contributed by atoms with van der Waals surface area (Å²) in [6, 6.07) is 3.61. The smallest absolute Gasteiger partial charge is 0.403 e. The second-order valence-corrected chi connectivity index (χ2v) is 4.91. The molecule has 0 aliphatic heterocycles. The van der Waals surface area contributed by atoms with E-state index in [4.69, 9.17) is 11.1 Å². The molecule has 0 saturated heterocycles. The lowest BCUT2D eigenvalue weighted by molar-refractivity contribution is -0.117. The van der Waals surface area contributed by atoms with Gasteiger partial charge < -0.3 is 5.11 Å². The first-order chi connectivity index (χ1) is 8.32. The monoisotopic (exact) mass is 249 g/mol. The summed E-state index contributed by atoms with van der Waals surface area (Å²) in [7, 11) is 0. The van der Waals surface area contributed by atoms with Crippen LogP contribution in [0.15, 0.2) is 22.4 Å². The summed E-state index contributed by atoms with van der Waals surface area (Å²) in [6.45, 7) is 8.07. The highest BCUT2D eigenvalue weighted by Gasteiger charge is 2.15. The highest BCUT2D eigenvalue weighted by Crippen LogP contribution is 2.37. The molecule has 5 nitrogen and oxygen atoms in total. The van der Waals surface area contributed by atoms with E-state index in [2.05, 4.69) is 10.2 Å². The normalized spacial score (nSPS) is 11.7. The van der Waals surface area contributed by atoms with Crippen molar-refractivity contribution in [1.82, 2.24) is 0 Å². The van der Waals surface area contributed by atoms with Gasteiger partial charge in [-0.1, -0.05) is 32.8 Å². The fourth-order valence-electron chi connectivity index (χ4n) is 1.72. The van der Waals surface area contributed by atoms with Gasteiger partial charge in [0.15, 0.2) is 0 Å². The number of phenolic OH excluding ortho intramolecular Hbond substituents is 1. The standard InChI is InChI=1S/C13H20N4O/c1-7(2)10-5-9(16-17-13(14)15)6-11(8(3)4)12(10)18/h5-8,18H,1-4H3,(H3,14,15)/p+1. The minimum Gasteiger partial charge on any atom is -0.507 e. The van der Waals surface area contributed by atoms with Gasteiger partial charge in [-0.2, -0.15) is 0 Å². The molecule has 0 aliphatic carbocycles. The van der Waals surface area contributed by atoms with Crippen LogP contribution in [0.25, 0.3) is 0 Å². The van der Waals surface area contributed by atoms with E-state index in [0.717, 1.165) is 11.1 Å². The number of hydrogen-bond donors (Lipinski definition) is 3. The van der Waals surface area contributed by atoms with Gasteiger partial charge in [0.1, 0.15) is 11.4 Å². The second-order valence-electron chi connectivity index (χ2n) is 4.91. The minimum absolute atomic E-state index is 0.0831. The molecular formula is C13H21N4O+. The number of aromatic hydroxyl groups is 1. The molecule has 0 aliphatic rings. The molecule has 0 heterocycles. The van der Waals surface area contributed by atoms with Crippen molar-refractivity contribution >= 4 is 11.6 Å². The Morgan fingerprint density at radius 1 is 1.17 bits per heavy atom. The zero-order valence-corrected chi connectivity index (χ0v) is 11.3. The van der Waals surface area contributed by atoms with Gasteiger partial charge in [0.2, 0.25) is 0 Å². The van der Waals surface area contributed by atoms with E-state index in [0.29, 0.717) is 11.4 Å². The molecule has 0 amide bonds. The third-order valence-corrected chi connectivity index (χ3v) is 2.68. The van der Waals surface area contributed by atoms with Crippen LogP contribution in [0.3, 0.4) is 0 Å². The van der Waals surface area contributed by atoms with Crippen molar-refractivity contribution in [2.24, 2.45) is 16.0 Å². The predicted octanol–water partition coefficient (Wildman–Crippen LogP) is 1.80. The van der Waals surface area contributed by atoms with Gasteiger partial charge in [-0.3, -0.25) is 11.1 Å². The average Bonchev–Trinajstić information content (AvgIpc) is 2.26. The zero-order chi connectivity index (χ0) is 13.9. The fraction of sp³-hybridized carbons (Fsp3) is 0.462. The number of hydrogen-bond acceptors (Lipinski definition) is 2. The maximum Gasteiger partial charge on any atom is 0.403 e. The van der Waals surface area contributed by atoms with Gasteiger partial charge in [-0.15, -0.1) is 0 Å². The molecule has 0 spiro atoms. The van der Waals surface area contributed by atoms with E-state index in [9.17, 15) is 5.11 Å². The molecule has 0 bridgehead atoms. The van der Waals surface area contributed by atoms with E-state index in [-0.39, 0.29) is 17.8 Å². The Hall–Kier alpha value is -1.91. The molecule has 5 heteroatoms. The highest BCUT2D eigenvalue weighted by atomic mass is 16.3. The quantitative estimate of drug-likeness (QED) is 0.432. The summed E-state index contributed by atoms with van der Waals surface area (Å²) in [5.41, 5.74) is 7.60. The minimum atomic E-state index is -0.0831. The van der Waals surface area contributed by atoms with Gasteiger partial charge >= 0.3 is 5.96 Å². The van der Waals surface area contributed by atoms with Gasteiger partial charge in [0.25, 0.3) is 0 Å². The van der Waals surface area contributed by atoms with Crippen LogP contribution in [0.1, 0.15) is 50.7 Å². The molecule has 0 radical (unpaired) electrons. The number of benzene rings is 1. The van der Waals surface area contributed by atoms with Gasteiger partial charge in [-0.05, 0) is 35.1 Å². The van der Waals surface area contributed by atoms with Gasteiger partial charge in [0, 0.05) is 5.11 Å². The van der Waals surface area contributed by atoms with E-state index in [1.165, 1.54) is 0 Å². The van der Waals surface area contributed by atoms with E-state index in [1.807, 2.05) is 27.7 Å². The second kappa shape index (κ2) is 5.62. The number of nitrogens with zero attached hydrogens (tertiary/aromatic N) is 2. The van der Waals surface area contributed by atoms with Crippen LogP contribution in [-0.2, 0) is 0 Å². The Balaban J connectivity index is 3.33. The van der Waals surface area contributed by atoms with Crippen LogP contribution >= 0.6 is 0 Å². The van der Waals surface area contributed by atoms with Gasteiger partial charge in [0.05, 0.1) is 0 Å². The first kappa shape index (κ1) is 14.2. The van der Waals surface area contributed by atoms with E-state index >= 15 is 0 Å². The summed E-state index contributed by atoms with van der Waals surface area (Å²) >= 11 is 0. The fourth-order valence-corrected chi connectivity index (χ4v) is 1.72. The Morgan fingerprint density at radius 2 is 1.61 bits per heavy atom. The maximum absolute atomic E-state index is 10.2. The number of rotatable bonds is 3. The predicted molar refractivity (Wildman–Crippen MR) is 71.9 cm³/mol. The van der Waals surface area contributed by atoms with E-state index < -0.39 is 0 Å². The molecule has 98 valence electrons. The summed E-state index contributed by atoms with van der Waals surface area (Å²) < 4.78 is 0. The Kier molecular flexibility index (Phi) is 4.42. The van der Waals surface area contributed by atoms with Crippen LogP contribution in [0.2, 0.25) is 0 Å². The lowest BCUT2D eigenvalue weighted by atomic mass is 9.93. The SMILES string of the molecule is CC(C)c1cc(N=NC(N)=[NH2+])cc(C(C)C)c1O. The summed E-state index contributed by atoms with van der Waals surface area (Å²) in [5.74, 6) is 0.664. The molecule has 18 heavy (non-hydrogen) atoms. The Morgan fingerprint density at radius 3 is 1.94 bits per heavy atom. The highest BCUT2D eigenvalue weighted by molar-refractivity contribution is 5.71. The lowest BCUT2D eigenvalue weighted by Crippen LogP contribution is -2.43. The molecular weight excluding hydrogens is 228 g/mol. The number of nitrogens with two attached hydrogens (primary N) is 2. The third kappa shape index (κ3) is 3.29. The van der Waals surface area contributed by atoms with Crippen molar-refractivity contribution in [2.45, 2.75) is 39.5 Å². The molecule has 5 N–H and O–H groups in total. The number of phenols is 1. The van der Waals surface area contributed by atoms with Crippen LogP contribution in [0, 0.1) is 0 Å². The van der Waals surface area contributed by atoms with Crippen molar-refractivity contribution in [1.29, 1.82) is 0 Å². The first-order valence-electron chi connectivity index (χ1n) is 5.99. The summed E-state index contributed by atoms with van der Waals surface area (Å²) in [5, 5.41) is 23.1. The van der Waals surface area contributed by atoms with Crippen molar-refractivity contribution in [3.63, 3.8) is 0 Å². The molecule has 0 fully saturated rings. The maximum atomic E-state index is 10.2. The zero-order valence-electron chi connectivity index (χ0n) is 11.3. The molecule has 0 aromatic heterocycles. The number of guanidine groups is 1. The van der Waals surface area contributed by atoms with E-state index in [1.54, 1.807) is 12.1 Å². The Bertz CT molecular complexity index is 449. The van der Waals surface area contributed by atoms with Crippen molar-refractivity contribution in [2.75, 3.05) is 0 Å². The topological polar surface area (TPSA) is 96.6 Å². The molecule has 0 atom stereocenters. The Labute approximate surface area is 107 Å². The first-order valence-corrected chi connectivity index (χ1v) is 5.99. The van der Waals surface area contributed by atoms with Crippen molar-refractivity contribution in [3.8, 4) is 5.75 Å². The van der Waals surface area contributed by atoms with Crippen LogP contribution in [0.4, 0.5) is 5.69 Å². The molecule has 1 rings (SSSR count). The van der Waals surface area contributed by atoms with Crippen LogP contribution in [0.5, 0.6) is 5.75 Å². The van der Waals surface area contributed by atoms with Crippen LogP contribution < -0.4 is 11.1 Å². The third-order valence-electron chi connectivity index (χ3n) is 2.68. The van der Waals surface area contributed by atoms with Crippen LogP contribution in [-0.4, -0.2) is 11.1 Å². The molecule has 0 unspecified atom stereocenters. The largest absolute Gasteiger partial charge is 0.507 e. The molecule has 0 saturated carbocycles. The van der Waals surface area contributed by atoms with Gasteiger partial charge in [-0.25, -0.2) is 0 Å². The average molecular weight is 249 g/mol. The number of azo groups is 1. The van der Waals surface area contributed by atoms with Crippen molar-refractivity contribution < 1.29 is 10.5 Å². The lowest BCUT2D eigenvalue weighted by Gasteiger charge is -2.15. The molecule has 1 aromatic rings. The van der Waals surface area contributed by atoms with Crippen molar-refractivity contribution in [3.05, 3.63) is 23.3 Å².